The van der Waals surface area contributed by atoms with Crippen LogP contribution in [0.1, 0.15) is 42.1 Å². The fourth-order valence-electron chi connectivity index (χ4n) is 4.29. The third kappa shape index (κ3) is 3.82. The fraction of sp³-hybridized carbons (Fsp3) is 0.304. The maximum absolute atomic E-state index is 13.1. The molecule has 8 heteroatoms. The van der Waals surface area contributed by atoms with Crippen LogP contribution in [-0.2, 0) is 7.05 Å². The van der Waals surface area contributed by atoms with E-state index in [2.05, 4.69) is 24.6 Å². The molecule has 4 aromatic rings. The van der Waals surface area contributed by atoms with Crippen LogP contribution in [-0.4, -0.2) is 41.4 Å². The Bertz CT molecular complexity index is 1310. The standard InChI is InChI=1S/C23H24N6O2/c1-28-14-16(13-25-28)20-12-15(10-11-24-20)22(31)27-23-26-19-4-2-3-5-21(19)29(23)17-6-8-18(30)9-7-17/h2-5,10-14,17-18,30H,6-9H2,1H3,(H,26,27,31)/t17-,18-. The number of nitrogens with zero attached hydrogens (tertiary/aromatic N) is 5. The molecule has 1 fully saturated rings. The smallest absolute Gasteiger partial charge is 0.280 e. The van der Waals surface area contributed by atoms with Crippen molar-refractivity contribution in [3.63, 3.8) is 0 Å². The largest absolute Gasteiger partial charge is 0.393 e. The summed E-state index contributed by atoms with van der Waals surface area (Å²) in [6.45, 7) is 0. The van der Waals surface area contributed by atoms with E-state index < -0.39 is 0 Å². The van der Waals surface area contributed by atoms with Crippen LogP contribution in [0.3, 0.4) is 0 Å². The molecule has 0 unspecified atom stereocenters. The van der Waals surface area contributed by atoms with Gasteiger partial charge in [0.2, 0.25) is 5.62 Å². The Labute approximate surface area is 178 Å². The summed E-state index contributed by atoms with van der Waals surface area (Å²) in [7, 11) is 1.84. The van der Waals surface area contributed by atoms with Gasteiger partial charge < -0.3 is 14.7 Å². The summed E-state index contributed by atoms with van der Waals surface area (Å²) in [6.07, 6.45) is 8.16. The van der Waals surface area contributed by atoms with E-state index in [4.69, 9.17) is 0 Å². The van der Waals surface area contributed by atoms with Gasteiger partial charge in [-0.15, -0.1) is 0 Å². The second-order valence-electron chi connectivity index (χ2n) is 8.05. The molecule has 2 N–H and O–H groups in total. The Kier molecular flexibility index (Phi) is 4.99. The van der Waals surface area contributed by atoms with Gasteiger partial charge in [-0.1, -0.05) is 12.1 Å². The highest BCUT2D eigenvalue weighted by Crippen LogP contribution is 2.29. The lowest BCUT2D eigenvalue weighted by Gasteiger charge is -2.27. The number of carbonyl (C=O) groups is 1. The molecule has 1 aliphatic rings. The van der Waals surface area contributed by atoms with Crippen LogP contribution in [0.15, 0.2) is 60.0 Å². The average Bonchev–Trinajstić information content (AvgIpc) is 3.38. The van der Waals surface area contributed by atoms with Gasteiger partial charge in [0.1, 0.15) is 0 Å². The number of carbonyl (C=O) groups excluding carboxylic acids is 1. The van der Waals surface area contributed by atoms with E-state index in [1.54, 1.807) is 29.2 Å². The first-order valence-corrected chi connectivity index (χ1v) is 10.5. The van der Waals surface area contributed by atoms with E-state index in [9.17, 15) is 9.90 Å². The zero-order valence-corrected chi connectivity index (χ0v) is 17.3. The van der Waals surface area contributed by atoms with Crippen molar-refractivity contribution in [2.45, 2.75) is 37.8 Å². The quantitative estimate of drug-likeness (QED) is 0.536. The van der Waals surface area contributed by atoms with Crippen molar-refractivity contribution in [3.05, 3.63) is 66.2 Å². The molecule has 158 valence electrons. The summed E-state index contributed by atoms with van der Waals surface area (Å²) in [5.74, 6) is -0.330. The minimum absolute atomic E-state index is 0.189. The Hall–Kier alpha value is -3.52. The number of amides is 1. The predicted molar refractivity (Wildman–Crippen MR) is 116 cm³/mol. The number of fused-ring (bicyclic) bond motifs is 1. The Balaban J connectivity index is 1.55. The predicted octanol–water partition coefficient (Wildman–Crippen LogP) is 2.98. The maximum atomic E-state index is 13.1. The third-order valence-electron chi connectivity index (χ3n) is 5.88. The molecule has 0 saturated heterocycles. The molecule has 0 bridgehead atoms. The Morgan fingerprint density at radius 1 is 1.19 bits per heavy atom. The van der Waals surface area contributed by atoms with Crippen molar-refractivity contribution in [1.29, 1.82) is 0 Å². The zero-order valence-electron chi connectivity index (χ0n) is 17.3. The van der Waals surface area contributed by atoms with Gasteiger partial charge in [-0.2, -0.15) is 10.1 Å². The second-order valence-corrected chi connectivity index (χ2v) is 8.05. The number of hydrogen-bond donors (Lipinski definition) is 2. The van der Waals surface area contributed by atoms with Crippen molar-refractivity contribution in [2.24, 2.45) is 12.0 Å². The number of imidazole rings is 1. The monoisotopic (exact) mass is 416 g/mol. The lowest BCUT2D eigenvalue weighted by atomic mass is 9.93. The number of pyridine rings is 1. The number of para-hydroxylation sites is 2. The number of nitrogens with one attached hydrogen (secondary N) is 1. The molecule has 1 aliphatic carbocycles. The maximum Gasteiger partial charge on any atom is 0.280 e. The highest BCUT2D eigenvalue weighted by molar-refractivity contribution is 5.95. The molecule has 0 spiro atoms. The zero-order chi connectivity index (χ0) is 21.4. The molecule has 31 heavy (non-hydrogen) atoms. The van der Waals surface area contributed by atoms with Crippen molar-refractivity contribution >= 4 is 16.9 Å². The molecule has 1 amide bonds. The van der Waals surface area contributed by atoms with Crippen LogP contribution in [0, 0.1) is 0 Å². The average molecular weight is 416 g/mol. The first-order valence-electron chi connectivity index (χ1n) is 10.5. The number of aromatic amines is 1. The lowest BCUT2D eigenvalue weighted by Crippen LogP contribution is -2.29. The van der Waals surface area contributed by atoms with E-state index in [-0.39, 0.29) is 18.1 Å². The van der Waals surface area contributed by atoms with E-state index in [0.717, 1.165) is 42.3 Å². The molecule has 0 radical (unpaired) electrons. The molecule has 1 aromatic carbocycles. The first kappa shape index (κ1) is 19.4. The summed E-state index contributed by atoms with van der Waals surface area (Å²) in [5, 5.41) is 14.1. The number of aliphatic hydroxyl groups is 1. The first-order chi connectivity index (χ1) is 15.1. The second kappa shape index (κ2) is 7.96. The van der Waals surface area contributed by atoms with Crippen molar-refractivity contribution in [2.75, 3.05) is 0 Å². The number of benzene rings is 1. The summed E-state index contributed by atoms with van der Waals surface area (Å²) in [5.41, 5.74) is 4.48. The van der Waals surface area contributed by atoms with Gasteiger partial charge in [0.25, 0.3) is 5.91 Å². The molecular weight excluding hydrogens is 392 g/mol. The minimum atomic E-state index is -0.330. The number of H-pyrrole nitrogens is 1. The highest BCUT2D eigenvalue weighted by Gasteiger charge is 2.23. The normalized spacial score (nSPS) is 19.7. The number of aliphatic hydroxyl groups excluding tert-OH is 1. The van der Waals surface area contributed by atoms with Gasteiger partial charge in [0.05, 0.1) is 29.0 Å². The Morgan fingerprint density at radius 3 is 2.77 bits per heavy atom. The molecule has 8 nitrogen and oxygen atoms in total. The fourth-order valence-corrected chi connectivity index (χ4v) is 4.29. The van der Waals surface area contributed by atoms with Crippen LogP contribution in [0.25, 0.3) is 22.3 Å². The third-order valence-corrected chi connectivity index (χ3v) is 5.88. The SMILES string of the molecule is Cn1cc(-c2cc(C(=O)/N=c3\[nH]c4ccccc4n3[C@H]3CC[C@H](O)CC3)ccn2)cn1. The summed E-state index contributed by atoms with van der Waals surface area (Å²) in [4.78, 5) is 25.2. The van der Waals surface area contributed by atoms with Gasteiger partial charge in [-0.25, -0.2) is 0 Å². The van der Waals surface area contributed by atoms with Gasteiger partial charge in [0.15, 0.2) is 0 Å². The molecule has 0 atom stereocenters. The summed E-state index contributed by atoms with van der Waals surface area (Å²) in [6, 6.07) is 11.6. The highest BCUT2D eigenvalue weighted by atomic mass is 16.3. The summed E-state index contributed by atoms with van der Waals surface area (Å²) >= 11 is 0. The Morgan fingerprint density at radius 2 is 2.00 bits per heavy atom. The van der Waals surface area contributed by atoms with Crippen molar-refractivity contribution < 1.29 is 9.90 Å². The van der Waals surface area contributed by atoms with E-state index in [0.29, 0.717) is 16.9 Å². The molecule has 0 aliphatic heterocycles. The van der Waals surface area contributed by atoms with E-state index in [1.165, 1.54) is 0 Å². The van der Waals surface area contributed by atoms with Crippen LogP contribution < -0.4 is 5.62 Å². The van der Waals surface area contributed by atoms with Crippen molar-refractivity contribution in [3.8, 4) is 11.3 Å². The number of rotatable bonds is 3. The molecular formula is C23H24N6O2. The minimum Gasteiger partial charge on any atom is -0.393 e. The number of hydrogen-bond acceptors (Lipinski definition) is 4. The molecule has 3 heterocycles. The number of aryl methyl sites for hydroxylation is 1. The van der Waals surface area contributed by atoms with Crippen LogP contribution in [0.5, 0.6) is 0 Å². The topological polar surface area (TPSA) is 101 Å². The molecule has 3 aromatic heterocycles. The van der Waals surface area contributed by atoms with E-state index >= 15 is 0 Å². The van der Waals surface area contributed by atoms with Gasteiger partial charge in [0, 0.05) is 36.6 Å². The van der Waals surface area contributed by atoms with Crippen LogP contribution >= 0.6 is 0 Å². The molecule has 5 rings (SSSR count). The lowest BCUT2D eigenvalue weighted by molar-refractivity contribution is 0.0990. The van der Waals surface area contributed by atoms with Crippen LogP contribution in [0.4, 0.5) is 0 Å². The molecule has 1 saturated carbocycles. The van der Waals surface area contributed by atoms with E-state index in [1.807, 2.05) is 37.5 Å². The summed E-state index contributed by atoms with van der Waals surface area (Å²) < 4.78 is 3.81. The van der Waals surface area contributed by atoms with Crippen molar-refractivity contribution in [1.82, 2.24) is 24.3 Å². The van der Waals surface area contributed by atoms with Crippen LogP contribution in [0.2, 0.25) is 0 Å². The van der Waals surface area contributed by atoms with Gasteiger partial charge in [-0.05, 0) is 49.9 Å². The van der Waals surface area contributed by atoms with Gasteiger partial charge >= 0.3 is 0 Å². The number of aromatic nitrogens is 5. The van der Waals surface area contributed by atoms with Gasteiger partial charge in [-0.3, -0.25) is 14.5 Å².